The monoisotopic (exact) mass is 327 g/mol. The summed E-state index contributed by atoms with van der Waals surface area (Å²) in [6.07, 6.45) is 4.90. The summed E-state index contributed by atoms with van der Waals surface area (Å²) in [4.78, 5) is 0. The van der Waals surface area contributed by atoms with Crippen LogP contribution in [-0.4, -0.2) is 3.23 Å². The van der Waals surface area contributed by atoms with Crippen molar-refractivity contribution in [1.82, 2.24) is 0 Å². The van der Waals surface area contributed by atoms with Gasteiger partial charge in [0.15, 0.2) is 0 Å². The van der Waals surface area contributed by atoms with Crippen LogP contribution in [0.3, 0.4) is 0 Å². The molecule has 0 saturated carbocycles. The Bertz CT molecular complexity index is 419. The van der Waals surface area contributed by atoms with Crippen molar-refractivity contribution in [3.63, 3.8) is 0 Å². The van der Waals surface area contributed by atoms with E-state index in [9.17, 15) is 0 Å². The van der Waals surface area contributed by atoms with Crippen LogP contribution in [0.5, 0.6) is 0 Å². The van der Waals surface area contributed by atoms with Crippen molar-refractivity contribution in [3.05, 3.63) is 53.7 Å². The molecule has 0 heterocycles. The second kappa shape index (κ2) is 4.14. The van der Waals surface area contributed by atoms with Crippen LogP contribution in [0, 0.1) is 0 Å². The molecule has 0 atom stereocenters. The first-order chi connectivity index (χ1) is 7.08. The van der Waals surface area contributed by atoms with Gasteiger partial charge < -0.3 is 5.73 Å². The maximum absolute atomic E-state index is 6.06. The number of rotatable bonds is 1. The zero-order valence-corrected chi connectivity index (χ0v) is 11.3. The molecule has 0 amide bonds. The van der Waals surface area contributed by atoms with Gasteiger partial charge in [0.05, 0.1) is 0 Å². The quantitative estimate of drug-likeness (QED) is 0.779. The largest absolute Gasteiger partial charge is 0.401 e. The summed E-state index contributed by atoms with van der Waals surface area (Å²) in [6, 6.07) is 10.2. The molecule has 1 aliphatic carbocycles. The van der Waals surface area contributed by atoms with E-state index in [1.54, 1.807) is 0 Å². The molecule has 2 N–H and O–H groups in total. The number of alkyl halides is 2. The second-order valence-corrected chi connectivity index (χ2v) is 7.47. The third kappa shape index (κ3) is 2.52. The maximum Gasteiger partial charge on any atom is 0.104 e. The normalized spacial score (nSPS) is 19.3. The van der Waals surface area contributed by atoms with Crippen LogP contribution < -0.4 is 5.73 Å². The van der Waals surface area contributed by atoms with Crippen LogP contribution in [0.15, 0.2) is 48.2 Å². The molecule has 0 fully saturated rings. The van der Waals surface area contributed by atoms with Gasteiger partial charge >= 0.3 is 0 Å². The van der Waals surface area contributed by atoms with Crippen molar-refractivity contribution in [2.24, 2.45) is 5.73 Å². The molecule has 2 rings (SSSR count). The van der Waals surface area contributed by atoms with Crippen LogP contribution in [0.1, 0.15) is 12.0 Å². The van der Waals surface area contributed by atoms with E-state index >= 15 is 0 Å². The van der Waals surface area contributed by atoms with Gasteiger partial charge in [-0.15, -0.1) is 0 Å². The molecular weight excluding hydrogens is 318 g/mol. The number of benzene rings is 1. The molecule has 15 heavy (non-hydrogen) atoms. The van der Waals surface area contributed by atoms with Gasteiger partial charge in [-0.1, -0.05) is 74.3 Å². The van der Waals surface area contributed by atoms with E-state index in [2.05, 4.69) is 56.1 Å². The van der Waals surface area contributed by atoms with E-state index < -0.39 is 0 Å². The third-order valence-electron chi connectivity index (χ3n) is 2.35. The molecule has 1 nitrogen and oxygen atoms in total. The Labute approximate surface area is 106 Å². The molecule has 0 radical (unpaired) electrons. The Morgan fingerprint density at radius 2 is 1.80 bits per heavy atom. The van der Waals surface area contributed by atoms with Crippen LogP contribution >= 0.6 is 31.9 Å². The smallest absolute Gasteiger partial charge is 0.104 e. The third-order valence-corrected chi connectivity index (χ3v) is 3.44. The number of hydrogen-bond donors (Lipinski definition) is 1. The molecule has 0 saturated heterocycles. The van der Waals surface area contributed by atoms with Crippen molar-refractivity contribution in [1.29, 1.82) is 0 Å². The SMILES string of the molecule is NC1=C(c2ccccc2)C=CC(Br)(Br)C1. The van der Waals surface area contributed by atoms with Crippen LogP contribution in [-0.2, 0) is 0 Å². The second-order valence-electron chi connectivity index (χ2n) is 3.58. The van der Waals surface area contributed by atoms with Gasteiger partial charge in [-0.3, -0.25) is 0 Å². The van der Waals surface area contributed by atoms with E-state index in [-0.39, 0.29) is 3.23 Å². The summed E-state index contributed by atoms with van der Waals surface area (Å²) in [7, 11) is 0. The number of allylic oxidation sites excluding steroid dienone is 4. The van der Waals surface area contributed by atoms with Gasteiger partial charge in [-0.25, -0.2) is 0 Å². The topological polar surface area (TPSA) is 26.0 Å². The minimum Gasteiger partial charge on any atom is -0.401 e. The first-order valence-corrected chi connectivity index (χ1v) is 6.28. The molecule has 0 unspecified atom stereocenters. The molecule has 0 aromatic heterocycles. The highest BCUT2D eigenvalue weighted by atomic mass is 79.9. The van der Waals surface area contributed by atoms with Gasteiger partial charge in [-0.2, -0.15) is 0 Å². The minimum absolute atomic E-state index is 0.178. The van der Waals surface area contributed by atoms with E-state index in [1.165, 1.54) is 5.56 Å². The number of hydrogen-bond acceptors (Lipinski definition) is 1. The maximum atomic E-state index is 6.06. The highest BCUT2D eigenvalue weighted by Gasteiger charge is 2.24. The standard InChI is InChI=1S/C12H11Br2N/c13-12(14)7-6-10(11(15)8-12)9-4-2-1-3-5-9/h1-7H,8,15H2. The highest BCUT2D eigenvalue weighted by molar-refractivity contribution is 9.25. The Morgan fingerprint density at radius 3 is 2.40 bits per heavy atom. The van der Waals surface area contributed by atoms with Crippen molar-refractivity contribution in [3.8, 4) is 0 Å². The molecule has 78 valence electrons. The fraction of sp³-hybridized carbons (Fsp3) is 0.167. The van der Waals surface area contributed by atoms with Gasteiger partial charge in [0.25, 0.3) is 0 Å². The highest BCUT2D eigenvalue weighted by Crippen LogP contribution is 2.39. The summed E-state index contributed by atoms with van der Waals surface area (Å²) >= 11 is 7.10. The van der Waals surface area contributed by atoms with E-state index in [0.29, 0.717) is 0 Å². The van der Waals surface area contributed by atoms with Crippen LogP contribution in [0.4, 0.5) is 0 Å². The average molecular weight is 329 g/mol. The first kappa shape index (κ1) is 11.0. The zero-order valence-electron chi connectivity index (χ0n) is 8.08. The van der Waals surface area contributed by atoms with E-state index in [1.807, 2.05) is 18.2 Å². The van der Waals surface area contributed by atoms with Crippen molar-refractivity contribution >= 4 is 37.4 Å². The van der Waals surface area contributed by atoms with Crippen LogP contribution in [0.25, 0.3) is 5.57 Å². The molecule has 0 bridgehead atoms. The molecule has 1 aliphatic rings. The minimum atomic E-state index is -0.178. The Hall–Kier alpha value is -0.540. The Kier molecular flexibility index (Phi) is 3.03. The first-order valence-electron chi connectivity index (χ1n) is 4.70. The fourth-order valence-electron chi connectivity index (χ4n) is 1.62. The molecular formula is C12H11Br2N. The molecule has 1 aromatic carbocycles. The Morgan fingerprint density at radius 1 is 1.13 bits per heavy atom. The summed E-state index contributed by atoms with van der Waals surface area (Å²) < 4.78 is -0.178. The molecule has 1 aromatic rings. The lowest BCUT2D eigenvalue weighted by Gasteiger charge is -2.22. The summed E-state index contributed by atoms with van der Waals surface area (Å²) in [5.74, 6) is 0. The number of nitrogens with two attached hydrogens (primary N) is 1. The van der Waals surface area contributed by atoms with Crippen molar-refractivity contribution < 1.29 is 0 Å². The molecule has 0 spiro atoms. The lowest BCUT2D eigenvalue weighted by molar-refractivity contribution is 0.943. The zero-order chi connectivity index (χ0) is 10.9. The predicted octanol–water partition coefficient (Wildman–Crippen LogP) is 3.80. The fourth-order valence-corrected chi connectivity index (χ4v) is 2.49. The van der Waals surface area contributed by atoms with Gasteiger partial charge in [0.2, 0.25) is 0 Å². The van der Waals surface area contributed by atoms with Crippen molar-refractivity contribution in [2.75, 3.05) is 0 Å². The average Bonchev–Trinajstić information content (AvgIpc) is 2.17. The van der Waals surface area contributed by atoms with Gasteiger partial charge in [0.1, 0.15) is 3.23 Å². The van der Waals surface area contributed by atoms with Crippen molar-refractivity contribution in [2.45, 2.75) is 9.65 Å². The summed E-state index contributed by atoms with van der Waals surface area (Å²) in [5, 5.41) is 0. The van der Waals surface area contributed by atoms with Gasteiger partial charge in [0, 0.05) is 17.7 Å². The summed E-state index contributed by atoms with van der Waals surface area (Å²) in [5.41, 5.74) is 9.24. The van der Waals surface area contributed by atoms with Gasteiger partial charge in [-0.05, 0) is 5.56 Å². The molecule has 0 aliphatic heterocycles. The van der Waals surface area contributed by atoms with Crippen LogP contribution in [0.2, 0.25) is 0 Å². The predicted molar refractivity (Wildman–Crippen MR) is 71.9 cm³/mol. The lowest BCUT2D eigenvalue weighted by atomic mass is 9.97. The van der Waals surface area contributed by atoms with E-state index in [0.717, 1.165) is 17.7 Å². The Balaban J connectivity index is 2.37. The summed E-state index contributed by atoms with van der Waals surface area (Å²) in [6.45, 7) is 0. The molecule has 3 heteroatoms. The van der Waals surface area contributed by atoms with E-state index in [4.69, 9.17) is 5.73 Å². The number of halogens is 2. The lowest BCUT2D eigenvalue weighted by Crippen LogP contribution is -2.17.